The number of amides is 1. The van der Waals surface area contributed by atoms with Crippen molar-refractivity contribution in [1.82, 2.24) is 9.62 Å². The average molecular weight is 352 g/mol. The number of hydrogen-bond donors (Lipinski definition) is 1. The fourth-order valence-electron chi connectivity index (χ4n) is 2.98. The van der Waals surface area contributed by atoms with Gasteiger partial charge in [0, 0.05) is 25.6 Å². The smallest absolute Gasteiger partial charge is 0.223 e. The van der Waals surface area contributed by atoms with Crippen LogP contribution in [0.4, 0.5) is 0 Å². The van der Waals surface area contributed by atoms with Crippen molar-refractivity contribution in [3.05, 3.63) is 35.4 Å². The summed E-state index contributed by atoms with van der Waals surface area (Å²) in [5.74, 6) is 0.600. The molecular formula is C17H24N2O4S. The number of nitrogens with zero attached hydrogens (tertiary/aromatic N) is 1. The van der Waals surface area contributed by atoms with Crippen LogP contribution in [0.3, 0.4) is 0 Å². The minimum Gasteiger partial charge on any atom is -0.379 e. The molecule has 0 bridgehead atoms. The van der Waals surface area contributed by atoms with Crippen LogP contribution in [0.2, 0.25) is 0 Å². The van der Waals surface area contributed by atoms with Gasteiger partial charge in [0.25, 0.3) is 0 Å². The lowest BCUT2D eigenvalue weighted by Crippen LogP contribution is -2.41. The summed E-state index contributed by atoms with van der Waals surface area (Å²) in [6.45, 7) is 4.12. The van der Waals surface area contributed by atoms with Crippen LogP contribution in [-0.2, 0) is 31.9 Å². The van der Waals surface area contributed by atoms with Crippen molar-refractivity contribution in [1.29, 1.82) is 0 Å². The largest absolute Gasteiger partial charge is 0.379 e. The van der Waals surface area contributed by atoms with Gasteiger partial charge in [-0.2, -0.15) is 4.31 Å². The normalized spacial score (nSPS) is 24.5. The second kappa shape index (κ2) is 7.21. The van der Waals surface area contributed by atoms with Gasteiger partial charge >= 0.3 is 0 Å². The quantitative estimate of drug-likeness (QED) is 0.832. The molecule has 3 rings (SSSR count). The zero-order valence-electron chi connectivity index (χ0n) is 13.9. The number of sulfonamides is 1. The Balaban J connectivity index is 1.66. The van der Waals surface area contributed by atoms with Gasteiger partial charge in [0.05, 0.1) is 19.0 Å². The predicted octanol–water partition coefficient (Wildman–Crippen LogP) is 1.12. The van der Waals surface area contributed by atoms with Crippen molar-refractivity contribution in [2.24, 2.45) is 11.8 Å². The highest BCUT2D eigenvalue weighted by Gasteiger charge is 2.38. The third-order valence-electron chi connectivity index (χ3n) is 4.72. The third-order valence-corrected chi connectivity index (χ3v) is 6.55. The fourth-order valence-corrected chi connectivity index (χ4v) is 4.55. The molecule has 7 heteroatoms. The molecule has 0 unspecified atom stereocenters. The second-order valence-electron chi connectivity index (χ2n) is 6.57. The maximum atomic E-state index is 12.6. The van der Waals surface area contributed by atoms with Crippen LogP contribution in [0.15, 0.2) is 24.3 Å². The Morgan fingerprint density at radius 3 is 2.50 bits per heavy atom. The van der Waals surface area contributed by atoms with Gasteiger partial charge in [0.2, 0.25) is 15.9 Å². The molecule has 1 heterocycles. The number of benzene rings is 1. The lowest BCUT2D eigenvalue weighted by molar-refractivity contribution is -0.122. The summed E-state index contributed by atoms with van der Waals surface area (Å²) in [5.41, 5.74) is 1.60. The summed E-state index contributed by atoms with van der Waals surface area (Å²) in [6, 6.07) is 7.39. The van der Waals surface area contributed by atoms with Crippen molar-refractivity contribution in [3.63, 3.8) is 0 Å². The molecule has 2 atom stereocenters. The highest BCUT2D eigenvalue weighted by molar-refractivity contribution is 7.88. The topological polar surface area (TPSA) is 75.7 Å². The third kappa shape index (κ3) is 4.15. The van der Waals surface area contributed by atoms with Gasteiger partial charge in [0.15, 0.2) is 0 Å². The van der Waals surface area contributed by atoms with E-state index in [4.69, 9.17) is 4.74 Å². The lowest BCUT2D eigenvalue weighted by Gasteiger charge is -2.26. The molecule has 2 aliphatic rings. The van der Waals surface area contributed by atoms with Crippen molar-refractivity contribution < 1.29 is 17.9 Å². The Labute approximate surface area is 143 Å². The van der Waals surface area contributed by atoms with E-state index < -0.39 is 10.0 Å². The van der Waals surface area contributed by atoms with Crippen LogP contribution in [0.25, 0.3) is 0 Å². The fraction of sp³-hybridized carbons (Fsp3) is 0.588. The number of ether oxygens (including phenoxy) is 1. The maximum Gasteiger partial charge on any atom is 0.223 e. The van der Waals surface area contributed by atoms with E-state index in [2.05, 4.69) is 12.2 Å². The first-order valence-electron chi connectivity index (χ1n) is 8.37. The SMILES string of the molecule is C[C@H]1C[C@H]1C(=O)NCc1ccccc1CS(=O)(=O)N1CCOCC1. The van der Waals surface area contributed by atoms with Crippen LogP contribution >= 0.6 is 0 Å². The number of rotatable bonds is 6. The van der Waals surface area contributed by atoms with Gasteiger partial charge in [-0.25, -0.2) is 8.42 Å². The Morgan fingerprint density at radius 1 is 1.25 bits per heavy atom. The molecule has 0 spiro atoms. The van der Waals surface area contributed by atoms with E-state index in [0.717, 1.165) is 17.5 Å². The van der Waals surface area contributed by atoms with Gasteiger partial charge in [-0.05, 0) is 23.5 Å². The van der Waals surface area contributed by atoms with Gasteiger partial charge in [-0.1, -0.05) is 31.2 Å². The second-order valence-corrected chi connectivity index (χ2v) is 8.54. The lowest BCUT2D eigenvalue weighted by atomic mass is 10.1. The zero-order chi connectivity index (χ0) is 17.2. The molecule has 1 saturated heterocycles. The first-order chi connectivity index (χ1) is 11.5. The van der Waals surface area contributed by atoms with E-state index in [9.17, 15) is 13.2 Å². The first-order valence-corrected chi connectivity index (χ1v) is 9.98. The van der Waals surface area contributed by atoms with Crippen LogP contribution in [0, 0.1) is 11.8 Å². The summed E-state index contributed by atoms with van der Waals surface area (Å²) in [5, 5.41) is 2.93. The molecular weight excluding hydrogens is 328 g/mol. The zero-order valence-corrected chi connectivity index (χ0v) is 14.7. The highest BCUT2D eigenvalue weighted by atomic mass is 32.2. The molecule has 24 heavy (non-hydrogen) atoms. The average Bonchev–Trinajstić information content (AvgIpc) is 3.31. The standard InChI is InChI=1S/C17H24N2O4S/c1-13-10-16(13)17(20)18-11-14-4-2-3-5-15(14)12-24(21,22)19-6-8-23-9-7-19/h2-5,13,16H,6-12H2,1H3,(H,18,20)/t13-,16+/m0/s1. The van der Waals surface area contributed by atoms with Crippen molar-refractivity contribution >= 4 is 15.9 Å². The highest BCUT2D eigenvalue weighted by Crippen LogP contribution is 2.37. The van der Waals surface area contributed by atoms with Crippen LogP contribution in [0.5, 0.6) is 0 Å². The van der Waals surface area contributed by atoms with Gasteiger partial charge in [-0.3, -0.25) is 4.79 Å². The van der Waals surface area contributed by atoms with Crippen molar-refractivity contribution in [3.8, 4) is 0 Å². The Hall–Kier alpha value is -1.44. The molecule has 1 amide bonds. The van der Waals surface area contributed by atoms with E-state index in [1.165, 1.54) is 4.31 Å². The molecule has 0 aromatic heterocycles. The Bertz CT molecular complexity index is 698. The minimum atomic E-state index is -3.37. The van der Waals surface area contributed by atoms with Crippen LogP contribution in [-0.4, -0.2) is 44.9 Å². The molecule has 1 aromatic carbocycles. The van der Waals surface area contributed by atoms with Crippen LogP contribution in [0.1, 0.15) is 24.5 Å². The monoisotopic (exact) mass is 352 g/mol. The number of nitrogens with one attached hydrogen (secondary N) is 1. The molecule has 1 aliphatic carbocycles. The summed E-state index contributed by atoms with van der Waals surface area (Å²) in [6.07, 6.45) is 0.943. The van der Waals surface area contributed by atoms with Gasteiger partial charge in [-0.15, -0.1) is 0 Å². The molecule has 2 fully saturated rings. The number of carbonyl (C=O) groups excluding carboxylic acids is 1. The summed E-state index contributed by atoms with van der Waals surface area (Å²) < 4.78 is 31.9. The first kappa shape index (κ1) is 17.4. The molecule has 6 nitrogen and oxygen atoms in total. The molecule has 0 radical (unpaired) electrons. The molecule has 1 N–H and O–H groups in total. The molecule has 132 valence electrons. The predicted molar refractivity (Wildman–Crippen MR) is 90.6 cm³/mol. The van der Waals surface area contributed by atoms with Crippen molar-refractivity contribution in [2.45, 2.75) is 25.6 Å². The minimum absolute atomic E-state index is 0.0428. The van der Waals surface area contributed by atoms with Crippen molar-refractivity contribution in [2.75, 3.05) is 26.3 Å². The number of hydrogen-bond acceptors (Lipinski definition) is 4. The number of carbonyl (C=O) groups is 1. The molecule has 1 saturated carbocycles. The molecule has 1 aromatic rings. The van der Waals surface area contributed by atoms with Crippen LogP contribution < -0.4 is 5.32 Å². The van der Waals surface area contributed by atoms with Gasteiger partial charge in [0.1, 0.15) is 0 Å². The maximum absolute atomic E-state index is 12.6. The van der Waals surface area contributed by atoms with E-state index in [-0.39, 0.29) is 17.6 Å². The Morgan fingerprint density at radius 2 is 1.88 bits per heavy atom. The summed E-state index contributed by atoms with van der Waals surface area (Å²) in [7, 11) is -3.37. The van der Waals surface area contributed by atoms with Gasteiger partial charge < -0.3 is 10.1 Å². The van der Waals surface area contributed by atoms with E-state index in [1.807, 2.05) is 24.3 Å². The summed E-state index contributed by atoms with van der Waals surface area (Å²) in [4.78, 5) is 12.0. The number of morpholine rings is 1. The Kier molecular flexibility index (Phi) is 5.22. The van der Waals surface area contributed by atoms with E-state index in [1.54, 1.807) is 0 Å². The van der Waals surface area contributed by atoms with E-state index in [0.29, 0.717) is 38.8 Å². The summed E-state index contributed by atoms with van der Waals surface area (Å²) >= 11 is 0. The van der Waals surface area contributed by atoms with E-state index >= 15 is 0 Å². The molecule has 1 aliphatic heterocycles.